The molecule has 0 unspecified atom stereocenters. The van der Waals surface area contributed by atoms with Crippen LogP contribution in [0.2, 0.25) is 0 Å². The Kier molecular flexibility index (Phi) is 3.82. The Bertz CT molecular complexity index is 287. The maximum absolute atomic E-state index is 12.3. The molecule has 1 saturated heterocycles. The molecule has 0 aromatic rings. The zero-order valence-electron chi connectivity index (χ0n) is 9.82. The molecule has 3 heteroatoms. The van der Waals surface area contributed by atoms with Crippen LogP contribution in [0, 0.1) is 17.2 Å². The fraction of sp³-hybridized carbons (Fsp3) is 0.846. The zero-order chi connectivity index (χ0) is 11.4. The Balaban J connectivity index is 1.97. The van der Waals surface area contributed by atoms with E-state index in [1.54, 1.807) is 0 Å². The molecule has 1 amide bonds. The van der Waals surface area contributed by atoms with E-state index in [-0.39, 0.29) is 17.9 Å². The van der Waals surface area contributed by atoms with Crippen LogP contribution in [0.5, 0.6) is 0 Å². The minimum Gasteiger partial charge on any atom is -0.326 e. The third-order valence-electron chi connectivity index (χ3n) is 3.89. The topological polar surface area (TPSA) is 44.1 Å². The Morgan fingerprint density at radius 1 is 1.06 bits per heavy atom. The van der Waals surface area contributed by atoms with Crippen molar-refractivity contribution in [1.29, 1.82) is 5.26 Å². The molecule has 0 N–H and O–H groups in total. The minimum absolute atomic E-state index is 0.143. The fourth-order valence-corrected chi connectivity index (χ4v) is 2.93. The molecule has 2 fully saturated rings. The standard InChI is InChI=1S/C13H20N2O/c14-10-12-8-5-9-15(12)13(16)11-6-3-1-2-4-7-11/h11-12H,1-9H2/t12-/m0/s1. The van der Waals surface area contributed by atoms with Gasteiger partial charge in [-0.2, -0.15) is 5.26 Å². The van der Waals surface area contributed by atoms with E-state index >= 15 is 0 Å². The molecule has 16 heavy (non-hydrogen) atoms. The highest BCUT2D eigenvalue weighted by Gasteiger charge is 2.32. The molecule has 0 bridgehead atoms. The summed E-state index contributed by atoms with van der Waals surface area (Å²) >= 11 is 0. The van der Waals surface area contributed by atoms with Crippen molar-refractivity contribution in [2.24, 2.45) is 5.92 Å². The van der Waals surface area contributed by atoms with E-state index in [1.165, 1.54) is 25.7 Å². The van der Waals surface area contributed by atoms with Gasteiger partial charge in [0.1, 0.15) is 6.04 Å². The number of amides is 1. The first-order valence-corrected chi connectivity index (χ1v) is 6.53. The summed E-state index contributed by atoms with van der Waals surface area (Å²) in [6.45, 7) is 0.799. The highest BCUT2D eigenvalue weighted by atomic mass is 16.2. The molecule has 0 aromatic carbocycles. The second-order valence-electron chi connectivity index (χ2n) is 5.01. The number of carbonyl (C=O) groups is 1. The van der Waals surface area contributed by atoms with Crippen molar-refractivity contribution < 1.29 is 4.79 Å². The van der Waals surface area contributed by atoms with Gasteiger partial charge in [0.15, 0.2) is 0 Å². The lowest BCUT2D eigenvalue weighted by Gasteiger charge is -2.24. The average molecular weight is 220 g/mol. The molecule has 0 spiro atoms. The van der Waals surface area contributed by atoms with Crippen LogP contribution >= 0.6 is 0 Å². The van der Waals surface area contributed by atoms with Gasteiger partial charge in [-0.25, -0.2) is 0 Å². The molecule has 1 aliphatic carbocycles. The first-order chi connectivity index (χ1) is 7.83. The maximum Gasteiger partial charge on any atom is 0.226 e. The van der Waals surface area contributed by atoms with Crippen LogP contribution in [0.3, 0.4) is 0 Å². The summed E-state index contributed by atoms with van der Waals surface area (Å²) in [5.74, 6) is 0.461. The van der Waals surface area contributed by atoms with E-state index in [2.05, 4.69) is 6.07 Å². The van der Waals surface area contributed by atoms with Gasteiger partial charge in [-0.3, -0.25) is 4.79 Å². The molecular weight excluding hydrogens is 200 g/mol. The molecule has 0 radical (unpaired) electrons. The number of hydrogen-bond acceptors (Lipinski definition) is 2. The van der Waals surface area contributed by atoms with Crippen molar-refractivity contribution >= 4 is 5.91 Å². The summed E-state index contributed by atoms with van der Waals surface area (Å²) in [6.07, 6.45) is 8.84. The summed E-state index contributed by atoms with van der Waals surface area (Å²) in [4.78, 5) is 14.1. The summed E-state index contributed by atoms with van der Waals surface area (Å²) in [5, 5.41) is 9.00. The molecule has 2 rings (SSSR count). The highest BCUT2D eigenvalue weighted by molar-refractivity contribution is 5.79. The lowest BCUT2D eigenvalue weighted by molar-refractivity contribution is -0.135. The molecule has 0 aromatic heterocycles. The van der Waals surface area contributed by atoms with E-state index in [4.69, 9.17) is 5.26 Å². The lowest BCUT2D eigenvalue weighted by Crippen LogP contribution is -2.38. The minimum atomic E-state index is -0.143. The van der Waals surface area contributed by atoms with Crippen molar-refractivity contribution in [2.75, 3.05) is 6.54 Å². The van der Waals surface area contributed by atoms with E-state index < -0.39 is 0 Å². The number of hydrogen-bond donors (Lipinski definition) is 0. The third-order valence-corrected chi connectivity index (χ3v) is 3.89. The zero-order valence-corrected chi connectivity index (χ0v) is 9.82. The number of carbonyl (C=O) groups excluding carboxylic acids is 1. The predicted molar refractivity (Wildman–Crippen MR) is 61.5 cm³/mol. The van der Waals surface area contributed by atoms with Crippen LogP contribution in [0.25, 0.3) is 0 Å². The largest absolute Gasteiger partial charge is 0.326 e. The fourth-order valence-electron chi connectivity index (χ4n) is 2.93. The summed E-state index contributed by atoms with van der Waals surface area (Å²) in [6, 6.07) is 2.11. The molecular formula is C13H20N2O. The molecule has 88 valence electrons. The van der Waals surface area contributed by atoms with Gasteiger partial charge >= 0.3 is 0 Å². The van der Waals surface area contributed by atoms with E-state index in [0.717, 1.165) is 32.2 Å². The Labute approximate surface area is 97.4 Å². The smallest absolute Gasteiger partial charge is 0.226 e. The van der Waals surface area contributed by atoms with Crippen molar-refractivity contribution in [2.45, 2.75) is 57.4 Å². The Hall–Kier alpha value is -1.04. The second kappa shape index (κ2) is 5.34. The van der Waals surface area contributed by atoms with Crippen LogP contribution < -0.4 is 0 Å². The Morgan fingerprint density at radius 3 is 2.38 bits per heavy atom. The Morgan fingerprint density at radius 2 is 1.75 bits per heavy atom. The maximum atomic E-state index is 12.3. The van der Waals surface area contributed by atoms with Crippen molar-refractivity contribution in [3.05, 3.63) is 0 Å². The number of likely N-dealkylation sites (tertiary alicyclic amines) is 1. The predicted octanol–water partition coefficient (Wildman–Crippen LogP) is 2.47. The van der Waals surface area contributed by atoms with E-state index in [9.17, 15) is 4.79 Å². The molecule has 1 heterocycles. The van der Waals surface area contributed by atoms with Gasteiger partial charge in [-0.05, 0) is 25.7 Å². The van der Waals surface area contributed by atoms with Crippen molar-refractivity contribution in [1.82, 2.24) is 4.90 Å². The van der Waals surface area contributed by atoms with E-state index in [1.807, 2.05) is 4.90 Å². The first kappa shape index (κ1) is 11.4. The number of rotatable bonds is 1. The normalized spacial score (nSPS) is 27.4. The summed E-state index contributed by atoms with van der Waals surface area (Å²) in [7, 11) is 0. The van der Waals surface area contributed by atoms with Gasteiger partial charge < -0.3 is 4.90 Å². The summed E-state index contributed by atoms with van der Waals surface area (Å²) in [5.41, 5.74) is 0. The highest BCUT2D eigenvalue weighted by Crippen LogP contribution is 2.27. The van der Waals surface area contributed by atoms with Crippen LogP contribution in [0.1, 0.15) is 51.4 Å². The number of nitrogens with zero attached hydrogens (tertiary/aromatic N) is 2. The lowest BCUT2D eigenvalue weighted by atomic mass is 9.98. The quantitative estimate of drug-likeness (QED) is 0.637. The molecule has 1 saturated carbocycles. The van der Waals surface area contributed by atoms with Gasteiger partial charge in [0, 0.05) is 12.5 Å². The van der Waals surface area contributed by atoms with Crippen LogP contribution in [-0.4, -0.2) is 23.4 Å². The van der Waals surface area contributed by atoms with Gasteiger partial charge in [-0.1, -0.05) is 25.7 Å². The van der Waals surface area contributed by atoms with Crippen molar-refractivity contribution in [3.8, 4) is 6.07 Å². The molecule has 3 nitrogen and oxygen atoms in total. The number of nitriles is 1. The van der Waals surface area contributed by atoms with Gasteiger partial charge in [0.2, 0.25) is 5.91 Å². The van der Waals surface area contributed by atoms with Crippen LogP contribution in [-0.2, 0) is 4.79 Å². The summed E-state index contributed by atoms with van der Waals surface area (Å²) < 4.78 is 0. The van der Waals surface area contributed by atoms with Crippen molar-refractivity contribution in [3.63, 3.8) is 0 Å². The third kappa shape index (κ3) is 2.37. The first-order valence-electron chi connectivity index (χ1n) is 6.53. The SMILES string of the molecule is N#C[C@@H]1CCCN1C(=O)C1CCCCCC1. The monoisotopic (exact) mass is 220 g/mol. The average Bonchev–Trinajstić information content (AvgIpc) is 2.61. The molecule has 2 aliphatic rings. The van der Waals surface area contributed by atoms with Crippen LogP contribution in [0.4, 0.5) is 0 Å². The van der Waals surface area contributed by atoms with Gasteiger partial charge in [0.25, 0.3) is 0 Å². The molecule has 1 atom stereocenters. The van der Waals surface area contributed by atoms with E-state index in [0.29, 0.717) is 0 Å². The van der Waals surface area contributed by atoms with Crippen LogP contribution in [0.15, 0.2) is 0 Å². The van der Waals surface area contributed by atoms with Gasteiger partial charge in [-0.15, -0.1) is 0 Å². The second-order valence-corrected chi connectivity index (χ2v) is 5.01. The molecule has 1 aliphatic heterocycles. The van der Waals surface area contributed by atoms with Gasteiger partial charge in [0.05, 0.1) is 6.07 Å².